The molecule has 1 aromatic carbocycles. The molecular weight excluding hydrogens is 312 g/mol. The van der Waals surface area contributed by atoms with Crippen LogP contribution in [0.2, 0.25) is 0 Å². The lowest BCUT2D eigenvalue weighted by molar-refractivity contribution is 0.0139. The summed E-state index contributed by atoms with van der Waals surface area (Å²) in [6.07, 6.45) is 4.11. The number of rotatable bonds is 3. The van der Waals surface area contributed by atoms with Crippen LogP contribution in [0.4, 0.5) is 0 Å². The Labute approximate surface area is 130 Å². The van der Waals surface area contributed by atoms with Crippen molar-refractivity contribution >= 4 is 15.9 Å². The number of nitrogens with zero attached hydrogens (tertiary/aromatic N) is 2. The SMILES string of the molecule is C=C(Br)CN1CC2CCCCN2CC1c1ccccc1. The summed E-state index contributed by atoms with van der Waals surface area (Å²) in [4.78, 5) is 5.30. The van der Waals surface area contributed by atoms with Gasteiger partial charge in [-0.15, -0.1) is 0 Å². The predicted molar refractivity (Wildman–Crippen MR) is 88.0 cm³/mol. The minimum Gasteiger partial charge on any atom is -0.297 e. The first-order valence-corrected chi connectivity index (χ1v) is 8.39. The smallest absolute Gasteiger partial charge is 0.0479 e. The molecule has 2 aliphatic rings. The summed E-state index contributed by atoms with van der Waals surface area (Å²) in [5.41, 5.74) is 1.44. The van der Waals surface area contributed by atoms with Gasteiger partial charge < -0.3 is 0 Å². The second-order valence-corrected chi connectivity index (χ2v) is 7.14. The largest absolute Gasteiger partial charge is 0.297 e. The van der Waals surface area contributed by atoms with Crippen LogP contribution < -0.4 is 0 Å². The van der Waals surface area contributed by atoms with Crippen LogP contribution in [0.25, 0.3) is 0 Å². The van der Waals surface area contributed by atoms with Crippen molar-refractivity contribution in [3.8, 4) is 0 Å². The molecular formula is C17H23BrN2. The summed E-state index contributed by atoms with van der Waals surface area (Å²) in [7, 11) is 0. The molecule has 0 aromatic heterocycles. The molecule has 2 atom stereocenters. The van der Waals surface area contributed by atoms with E-state index < -0.39 is 0 Å². The molecule has 3 heteroatoms. The first-order valence-electron chi connectivity index (χ1n) is 7.60. The molecule has 0 aliphatic carbocycles. The Morgan fingerprint density at radius 1 is 1.20 bits per heavy atom. The zero-order valence-electron chi connectivity index (χ0n) is 12.0. The van der Waals surface area contributed by atoms with Crippen LogP contribution in [-0.2, 0) is 0 Å². The van der Waals surface area contributed by atoms with E-state index in [1.54, 1.807) is 0 Å². The van der Waals surface area contributed by atoms with Gasteiger partial charge in [0, 0.05) is 36.2 Å². The molecule has 0 spiro atoms. The number of piperazine rings is 1. The normalized spacial score (nSPS) is 28.1. The van der Waals surface area contributed by atoms with E-state index in [0.29, 0.717) is 6.04 Å². The van der Waals surface area contributed by atoms with Crippen LogP contribution in [0, 0.1) is 0 Å². The zero-order valence-corrected chi connectivity index (χ0v) is 13.6. The number of hydrogen-bond acceptors (Lipinski definition) is 2. The molecule has 0 bridgehead atoms. The molecule has 2 unspecified atom stereocenters. The number of fused-ring (bicyclic) bond motifs is 1. The van der Waals surface area contributed by atoms with Gasteiger partial charge in [-0.1, -0.05) is 59.3 Å². The Balaban J connectivity index is 1.82. The van der Waals surface area contributed by atoms with Crippen molar-refractivity contribution in [2.45, 2.75) is 31.3 Å². The van der Waals surface area contributed by atoms with Gasteiger partial charge in [0.15, 0.2) is 0 Å². The molecule has 1 aromatic rings. The summed E-state index contributed by atoms with van der Waals surface area (Å²) in [5.74, 6) is 0. The third-order valence-electron chi connectivity index (χ3n) is 4.60. The first-order chi connectivity index (χ1) is 9.74. The maximum absolute atomic E-state index is 4.04. The standard InChI is InChI=1S/C17H23BrN2/c1-14(18)11-20-12-16-9-5-6-10-19(16)13-17(20)15-7-3-2-4-8-15/h2-4,7-8,16-17H,1,5-6,9-13H2. The minimum absolute atomic E-state index is 0.500. The molecule has 3 rings (SSSR count). The molecule has 108 valence electrons. The average Bonchev–Trinajstić information content (AvgIpc) is 2.47. The topological polar surface area (TPSA) is 6.48 Å². The summed E-state index contributed by atoms with van der Waals surface area (Å²) in [5, 5.41) is 0. The van der Waals surface area contributed by atoms with Gasteiger partial charge in [0.2, 0.25) is 0 Å². The van der Waals surface area contributed by atoms with E-state index in [1.165, 1.54) is 37.9 Å². The van der Waals surface area contributed by atoms with Crippen LogP contribution in [0.5, 0.6) is 0 Å². The van der Waals surface area contributed by atoms with Crippen molar-refractivity contribution < 1.29 is 0 Å². The lowest BCUT2D eigenvalue weighted by Gasteiger charge is -2.48. The second kappa shape index (κ2) is 6.42. The molecule has 0 N–H and O–H groups in total. The van der Waals surface area contributed by atoms with Gasteiger partial charge in [-0.25, -0.2) is 0 Å². The summed E-state index contributed by atoms with van der Waals surface area (Å²) >= 11 is 3.55. The number of piperidine rings is 1. The highest BCUT2D eigenvalue weighted by Gasteiger charge is 2.35. The molecule has 2 saturated heterocycles. The van der Waals surface area contributed by atoms with Crippen molar-refractivity contribution in [3.05, 3.63) is 47.0 Å². The third-order valence-corrected chi connectivity index (χ3v) is 4.85. The minimum atomic E-state index is 0.500. The van der Waals surface area contributed by atoms with Crippen molar-refractivity contribution in [2.75, 3.05) is 26.2 Å². The summed E-state index contributed by atoms with van der Waals surface area (Å²) in [6, 6.07) is 12.2. The van der Waals surface area contributed by atoms with Crippen molar-refractivity contribution in [2.24, 2.45) is 0 Å². The van der Waals surface area contributed by atoms with E-state index in [-0.39, 0.29) is 0 Å². The monoisotopic (exact) mass is 334 g/mol. The van der Waals surface area contributed by atoms with Gasteiger partial charge in [-0.2, -0.15) is 0 Å². The van der Waals surface area contributed by atoms with Crippen molar-refractivity contribution in [1.82, 2.24) is 9.80 Å². The van der Waals surface area contributed by atoms with Gasteiger partial charge >= 0.3 is 0 Å². The van der Waals surface area contributed by atoms with Crippen LogP contribution in [-0.4, -0.2) is 42.0 Å². The van der Waals surface area contributed by atoms with Crippen LogP contribution in [0.15, 0.2) is 41.4 Å². The van der Waals surface area contributed by atoms with E-state index in [2.05, 4.69) is 62.6 Å². The summed E-state index contributed by atoms with van der Waals surface area (Å²) in [6.45, 7) is 8.60. The zero-order chi connectivity index (χ0) is 13.9. The fraction of sp³-hybridized carbons (Fsp3) is 0.529. The van der Waals surface area contributed by atoms with E-state index in [9.17, 15) is 0 Å². The predicted octanol–water partition coefficient (Wildman–Crippen LogP) is 3.81. The lowest BCUT2D eigenvalue weighted by atomic mass is 9.93. The van der Waals surface area contributed by atoms with Gasteiger partial charge in [0.1, 0.15) is 0 Å². The van der Waals surface area contributed by atoms with Crippen LogP contribution in [0.1, 0.15) is 30.9 Å². The number of benzene rings is 1. The Kier molecular flexibility index (Phi) is 4.59. The number of hydrogen-bond donors (Lipinski definition) is 0. The fourth-order valence-corrected chi connectivity index (χ4v) is 3.95. The van der Waals surface area contributed by atoms with Crippen molar-refractivity contribution in [1.29, 1.82) is 0 Å². The quantitative estimate of drug-likeness (QED) is 0.829. The number of halogens is 1. The molecule has 2 aliphatic heterocycles. The molecule has 2 heterocycles. The van der Waals surface area contributed by atoms with Gasteiger partial charge in [-0.05, 0) is 24.9 Å². The Morgan fingerprint density at radius 3 is 2.75 bits per heavy atom. The molecule has 0 radical (unpaired) electrons. The Morgan fingerprint density at radius 2 is 2.00 bits per heavy atom. The molecule has 20 heavy (non-hydrogen) atoms. The second-order valence-electron chi connectivity index (χ2n) is 6.02. The molecule has 2 nitrogen and oxygen atoms in total. The third kappa shape index (κ3) is 3.16. The molecule has 0 saturated carbocycles. The highest BCUT2D eigenvalue weighted by atomic mass is 79.9. The van der Waals surface area contributed by atoms with Crippen LogP contribution >= 0.6 is 15.9 Å². The maximum atomic E-state index is 4.04. The van der Waals surface area contributed by atoms with E-state index in [1.807, 2.05) is 0 Å². The van der Waals surface area contributed by atoms with Gasteiger partial charge in [0.05, 0.1) is 0 Å². The average molecular weight is 335 g/mol. The van der Waals surface area contributed by atoms with Gasteiger partial charge in [-0.3, -0.25) is 9.80 Å². The molecule has 0 amide bonds. The summed E-state index contributed by atoms with van der Waals surface area (Å²) < 4.78 is 1.09. The van der Waals surface area contributed by atoms with Crippen LogP contribution in [0.3, 0.4) is 0 Å². The van der Waals surface area contributed by atoms with E-state index >= 15 is 0 Å². The Bertz CT molecular complexity index is 459. The highest BCUT2D eigenvalue weighted by Crippen LogP contribution is 2.32. The molecule has 2 fully saturated rings. The van der Waals surface area contributed by atoms with E-state index in [0.717, 1.165) is 23.6 Å². The van der Waals surface area contributed by atoms with E-state index in [4.69, 9.17) is 0 Å². The lowest BCUT2D eigenvalue weighted by Crippen LogP contribution is -2.56. The highest BCUT2D eigenvalue weighted by molar-refractivity contribution is 9.11. The van der Waals surface area contributed by atoms with Crippen molar-refractivity contribution in [3.63, 3.8) is 0 Å². The fourth-order valence-electron chi connectivity index (χ4n) is 3.63. The first kappa shape index (κ1) is 14.3. The Hall–Kier alpha value is -0.640. The van der Waals surface area contributed by atoms with Gasteiger partial charge in [0.25, 0.3) is 0 Å². The maximum Gasteiger partial charge on any atom is 0.0479 e.